The summed E-state index contributed by atoms with van der Waals surface area (Å²) < 4.78 is 13.3. The fourth-order valence-corrected chi connectivity index (χ4v) is 5.60. The molecular weight excluding hydrogens is 312 g/mol. The van der Waals surface area contributed by atoms with Gasteiger partial charge in [0.2, 0.25) is 0 Å². The second-order valence-electron chi connectivity index (χ2n) is 6.06. The van der Waals surface area contributed by atoms with E-state index >= 15 is 0 Å². The Balaban J connectivity index is 1.65. The lowest BCUT2D eigenvalue weighted by Crippen LogP contribution is -2.39. The van der Waals surface area contributed by atoms with Gasteiger partial charge in [0.05, 0.1) is 16.3 Å². The van der Waals surface area contributed by atoms with Gasteiger partial charge in [-0.2, -0.15) is 0 Å². The molecule has 22 heavy (non-hydrogen) atoms. The molecule has 0 bridgehead atoms. The van der Waals surface area contributed by atoms with Crippen molar-refractivity contribution in [3.63, 3.8) is 0 Å². The topological polar surface area (TPSA) is 42.0 Å². The van der Waals surface area contributed by atoms with E-state index in [1.54, 1.807) is 11.3 Å². The molecule has 1 saturated carbocycles. The van der Waals surface area contributed by atoms with Gasteiger partial charge >= 0.3 is 0 Å². The molecule has 1 aromatic carbocycles. The summed E-state index contributed by atoms with van der Waals surface area (Å²) in [7, 11) is -0.659. The van der Waals surface area contributed by atoms with Crippen molar-refractivity contribution in [3.05, 3.63) is 29.3 Å². The van der Waals surface area contributed by atoms with E-state index in [1.807, 2.05) is 13.0 Å². The summed E-state index contributed by atoms with van der Waals surface area (Å²) in [6.45, 7) is 4.22. The van der Waals surface area contributed by atoms with E-state index in [0.29, 0.717) is 11.3 Å². The molecule has 3 nitrogen and oxygen atoms in total. The quantitative estimate of drug-likeness (QED) is 0.896. The second-order valence-corrected chi connectivity index (χ2v) is 9.13. The van der Waals surface area contributed by atoms with Gasteiger partial charge in [-0.1, -0.05) is 25.5 Å². The summed E-state index contributed by atoms with van der Waals surface area (Å²) in [5, 5.41) is 5.25. The molecule has 1 fully saturated rings. The molecule has 5 heteroatoms. The Bertz CT molecular complexity index is 622. The number of rotatable bonds is 5. The second kappa shape index (κ2) is 7.20. The first-order chi connectivity index (χ1) is 10.7. The van der Waals surface area contributed by atoms with E-state index in [2.05, 4.69) is 30.4 Å². The van der Waals surface area contributed by atoms with Crippen molar-refractivity contribution >= 4 is 32.4 Å². The van der Waals surface area contributed by atoms with Gasteiger partial charge in [0.15, 0.2) is 0 Å². The van der Waals surface area contributed by atoms with Crippen LogP contribution in [-0.4, -0.2) is 26.2 Å². The van der Waals surface area contributed by atoms with Gasteiger partial charge in [0.25, 0.3) is 0 Å². The highest BCUT2D eigenvalue weighted by atomic mass is 32.2. The standard InChI is InChI=1S/C17H24N2OS2/c1-3-22(20)14-8-6-7-13(11-14)18-12(2)17-19-15-9-4-5-10-16(15)21-17/h4-5,9-10,12-14,18H,3,6-8,11H2,1-2H3/t12-,13-,14-,22+/m1/s1. The Morgan fingerprint density at radius 2 is 2.23 bits per heavy atom. The first kappa shape index (κ1) is 16.1. The zero-order valence-corrected chi connectivity index (χ0v) is 14.9. The Kier molecular flexibility index (Phi) is 5.26. The van der Waals surface area contributed by atoms with Crippen LogP contribution >= 0.6 is 11.3 Å². The van der Waals surface area contributed by atoms with Crippen molar-refractivity contribution in [2.45, 2.75) is 56.9 Å². The largest absolute Gasteiger partial charge is 0.305 e. The summed E-state index contributed by atoms with van der Waals surface area (Å²) >= 11 is 1.77. The molecule has 0 amide bonds. The van der Waals surface area contributed by atoms with E-state index in [9.17, 15) is 4.21 Å². The molecule has 3 rings (SSSR count). The smallest absolute Gasteiger partial charge is 0.111 e. The lowest BCUT2D eigenvalue weighted by atomic mass is 9.94. The van der Waals surface area contributed by atoms with Crippen LogP contribution in [0.5, 0.6) is 0 Å². The molecule has 0 spiro atoms. The number of thiazole rings is 1. The van der Waals surface area contributed by atoms with Crippen molar-refractivity contribution in [2.75, 3.05) is 5.75 Å². The molecular formula is C17H24N2OS2. The molecule has 1 aliphatic carbocycles. The van der Waals surface area contributed by atoms with Crippen LogP contribution in [0.15, 0.2) is 24.3 Å². The first-order valence-corrected chi connectivity index (χ1v) is 10.4. The fraction of sp³-hybridized carbons (Fsp3) is 0.588. The molecule has 0 aliphatic heterocycles. The molecule has 1 heterocycles. The third-order valence-corrected chi connectivity index (χ3v) is 7.41. The highest BCUT2D eigenvalue weighted by molar-refractivity contribution is 7.85. The van der Waals surface area contributed by atoms with Crippen LogP contribution in [0.4, 0.5) is 0 Å². The van der Waals surface area contributed by atoms with Crippen LogP contribution in [0.1, 0.15) is 50.6 Å². The molecule has 2 aromatic rings. The highest BCUT2D eigenvalue weighted by Gasteiger charge is 2.27. The van der Waals surface area contributed by atoms with E-state index in [1.165, 1.54) is 17.5 Å². The van der Waals surface area contributed by atoms with Gasteiger partial charge in [0, 0.05) is 27.8 Å². The summed E-state index contributed by atoms with van der Waals surface area (Å²) in [6, 6.07) is 9.03. The third-order valence-electron chi connectivity index (χ3n) is 4.45. The normalized spacial score (nSPS) is 25.2. The molecule has 1 aliphatic rings. The minimum absolute atomic E-state index is 0.260. The molecule has 0 radical (unpaired) electrons. The Morgan fingerprint density at radius 3 is 3.00 bits per heavy atom. The molecule has 1 N–H and O–H groups in total. The van der Waals surface area contributed by atoms with Crippen LogP contribution in [0.2, 0.25) is 0 Å². The lowest BCUT2D eigenvalue weighted by Gasteiger charge is -2.30. The van der Waals surface area contributed by atoms with Gasteiger partial charge in [0.1, 0.15) is 5.01 Å². The van der Waals surface area contributed by atoms with Crippen LogP contribution in [0.25, 0.3) is 10.2 Å². The predicted molar refractivity (Wildman–Crippen MR) is 95.9 cm³/mol. The SMILES string of the molecule is CC[S@](=O)[C@@H]1CCC[C@@H](N[C@H](C)c2nc3ccccc3s2)C1. The highest BCUT2D eigenvalue weighted by Crippen LogP contribution is 2.29. The predicted octanol–water partition coefficient (Wildman–Crippen LogP) is 4.03. The molecule has 1 aromatic heterocycles. The Morgan fingerprint density at radius 1 is 1.41 bits per heavy atom. The number of hydrogen-bond acceptors (Lipinski definition) is 4. The summed E-state index contributed by atoms with van der Waals surface area (Å²) in [5.74, 6) is 0.783. The average molecular weight is 337 g/mol. The maximum absolute atomic E-state index is 12.1. The van der Waals surface area contributed by atoms with E-state index in [4.69, 9.17) is 4.98 Å². The molecule has 0 unspecified atom stereocenters. The minimum atomic E-state index is -0.659. The summed E-state index contributed by atoms with van der Waals surface area (Å²) in [6.07, 6.45) is 4.52. The van der Waals surface area contributed by atoms with Crippen molar-refractivity contribution < 1.29 is 4.21 Å². The number of fused-ring (bicyclic) bond motifs is 1. The monoisotopic (exact) mass is 336 g/mol. The number of benzene rings is 1. The minimum Gasteiger partial charge on any atom is -0.305 e. The number of para-hydroxylation sites is 1. The van der Waals surface area contributed by atoms with Gasteiger partial charge in [-0.05, 0) is 38.3 Å². The van der Waals surface area contributed by atoms with Crippen molar-refractivity contribution in [1.29, 1.82) is 0 Å². The Labute approximate surface area is 139 Å². The van der Waals surface area contributed by atoms with Crippen LogP contribution in [0, 0.1) is 0 Å². The molecule has 120 valence electrons. The van der Waals surface area contributed by atoms with Crippen molar-refractivity contribution in [2.24, 2.45) is 0 Å². The average Bonchev–Trinajstić information content (AvgIpc) is 2.98. The first-order valence-electron chi connectivity index (χ1n) is 8.16. The van der Waals surface area contributed by atoms with Gasteiger partial charge in [-0.25, -0.2) is 4.98 Å². The van der Waals surface area contributed by atoms with Gasteiger partial charge < -0.3 is 5.32 Å². The third kappa shape index (κ3) is 3.58. The van der Waals surface area contributed by atoms with Crippen LogP contribution in [0.3, 0.4) is 0 Å². The summed E-state index contributed by atoms with van der Waals surface area (Å²) in [4.78, 5) is 4.74. The number of hydrogen-bond donors (Lipinski definition) is 1. The van der Waals surface area contributed by atoms with Gasteiger partial charge in [-0.15, -0.1) is 11.3 Å². The zero-order valence-electron chi connectivity index (χ0n) is 13.2. The van der Waals surface area contributed by atoms with Crippen LogP contribution in [-0.2, 0) is 10.8 Å². The van der Waals surface area contributed by atoms with E-state index < -0.39 is 10.8 Å². The van der Waals surface area contributed by atoms with Crippen molar-refractivity contribution in [3.8, 4) is 0 Å². The van der Waals surface area contributed by atoms with Crippen molar-refractivity contribution in [1.82, 2.24) is 10.3 Å². The Hall–Kier alpha value is -0.780. The van der Waals surface area contributed by atoms with Crippen LogP contribution < -0.4 is 5.32 Å². The number of nitrogens with zero attached hydrogens (tertiary/aromatic N) is 1. The maximum Gasteiger partial charge on any atom is 0.111 e. The van der Waals surface area contributed by atoms with Gasteiger partial charge in [-0.3, -0.25) is 4.21 Å². The maximum atomic E-state index is 12.1. The fourth-order valence-electron chi connectivity index (χ4n) is 3.27. The molecule has 0 saturated heterocycles. The zero-order chi connectivity index (χ0) is 15.5. The van der Waals surface area contributed by atoms with E-state index in [0.717, 1.165) is 29.1 Å². The summed E-state index contributed by atoms with van der Waals surface area (Å²) in [5.41, 5.74) is 1.09. The lowest BCUT2D eigenvalue weighted by molar-refractivity contribution is 0.350. The number of nitrogens with one attached hydrogen (secondary N) is 1. The molecule has 4 atom stereocenters. The number of aromatic nitrogens is 1. The van der Waals surface area contributed by atoms with E-state index in [-0.39, 0.29) is 6.04 Å².